The summed E-state index contributed by atoms with van der Waals surface area (Å²) in [6.07, 6.45) is 0. The van der Waals surface area contributed by atoms with Crippen molar-refractivity contribution in [3.05, 3.63) is 62.6 Å². The van der Waals surface area contributed by atoms with Crippen LogP contribution in [0, 0.1) is 4.77 Å². The largest absolute Gasteiger partial charge is 0.290 e. The minimum Gasteiger partial charge on any atom is -0.287 e. The van der Waals surface area contributed by atoms with Crippen molar-refractivity contribution in [2.75, 3.05) is 0 Å². The van der Waals surface area contributed by atoms with E-state index >= 15 is 0 Å². The van der Waals surface area contributed by atoms with Crippen molar-refractivity contribution in [2.45, 2.75) is 32.9 Å². The van der Waals surface area contributed by atoms with Crippen molar-refractivity contribution in [3.8, 4) is 10.7 Å². The number of aromatic nitrogens is 5. The number of benzene rings is 1. The molecule has 0 fully saturated rings. The molecule has 0 aliphatic rings. The molecule has 0 radical (unpaired) electrons. The van der Waals surface area contributed by atoms with Crippen molar-refractivity contribution in [2.24, 2.45) is 0 Å². The molecule has 4 aromatic rings. The second kappa shape index (κ2) is 9.08. The van der Waals surface area contributed by atoms with E-state index in [0.717, 1.165) is 4.88 Å². The lowest BCUT2D eigenvalue weighted by molar-refractivity contribution is -0.124. The van der Waals surface area contributed by atoms with Crippen LogP contribution >= 0.6 is 23.6 Å². The molecule has 0 spiro atoms. The Morgan fingerprint density at radius 1 is 1.09 bits per heavy atom. The smallest absolute Gasteiger partial charge is 0.287 e. The van der Waals surface area contributed by atoms with E-state index in [1.165, 1.54) is 16.0 Å². The fraction of sp³-hybridized carbons (Fsp3) is 0.238. The van der Waals surface area contributed by atoms with Gasteiger partial charge >= 0.3 is 0 Å². The van der Waals surface area contributed by atoms with Crippen LogP contribution in [0.1, 0.15) is 43.3 Å². The van der Waals surface area contributed by atoms with Gasteiger partial charge in [0.1, 0.15) is 6.04 Å². The number of thiophene rings is 1. The van der Waals surface area contributed by atoms with E-state index in [0.29, 0.717) is 16.6 Å². The molecule has 3 heterocycles. The van der Waals surface area contributed by atoms with Crippen molar-refractivity contribution in [3.63, 3.8) is 0 Å². The molecule has 0 saturated carbocycles. The van der Waals surface area contributed by atoms with Crippen LogP contribution in [0.5, 0.6) is 0 Å². The average molecular weight is 484 g/mol. The van der Waals surface area contributed by atoms with Gasteiger partial charge in [0, 0.05) is 5.39 Å². The zero-order valence-corrected chi connectivity index (χ0v) is 19.7. The molecule has 0 aliphatic heterocycles. The van der Waals surface area contributed by atoms with Gasteiger partial charge in [0.25, 0.3) is 17.4 Å². The Morgan fingerprint density at radius 3 is 2.48 bits per heavy atom. The number of hydrogen-bond donors (Lipinski definition) is 3. The number of hydrogen-bond acceptors (Lipinski definition) is 7. The van der Waals surface area contributed by atoms with E-state index in [-0.39, 0.29) is 22.1 Å². The lowest BCUT2D eigenvalue weighted by Gasteiger charge is -2.16. The summed E-state index contributed by atoms with van der Waals surface area (Å²) in [5, 5.41) is 13.8. The van der Waals surface area contributed by atoms with Gasteiger partial charge in [0.15, 0.2) is 16.3 Å². The van der Waals surface area contributed by atoms with E-state index in [1.807, 2.05) is 17.5 Å². The molecule has 170 valence electrons. The fourth-order valence-corrected chi connectivity index (χ4v) is 4.37. The first-order valence-corrected chi connectivity index (χ1v) is 11.4. The van der Waals surface area contributed by atoms with E-state index in [1.54, 1.807) is 49.6 Å². The van der Waals surface area contributed by atoms with Crippen molar-refractivity contribution < 1.29 is 9.59 Å². The fourth-order valence-electron chi connectivity index (χ4n) is 3.37. The minimum absolute atomic E-state index is 0.0334. The van der Waals surface area contributed by atoms with Gasteiger partial charge in [0.2, 0.25) is 0 Å². The molecule has 4 rings (SSSR count). The summed E-state index contributed by atoms with van der Waals surface area (Å²) in [6, 6.07) is 9.46. The molecule has 2 amide bonds. The topological polar surface area (TPSA) is 127 Å². The Hall–Kier alpha value is -3.64. The molecule has 12 heteroatoms. The quantitative estimate of drug-likeness (QED) is 0.296. The highest BCUT2D eigenvalue weighted by Crippen LogP contribution is 2.25. The molecule has 1 unspecified atom stereocenters. The molecular formula is C21H21N7O3S2. The Bertz CT molecular complexity index is 1450. The van der Waals surface area contributed by atoms with Gasteiger partial charge in [-0.25, -0.2) is 4.68 Å². The molecule has 1 atom stereocenters. The number of nitrogens with zero attached hydrogens (tertiary/aromatic N) is 4. The van der Waals surface area contributed by atoms with Crippen LogP contribution < -0.4 is 16.4 Å². The van der Waals surface area contributed by atoms with Gasteiger partial charge in [-0.1, -0.05) is 24.3 Å². The Morgan fingerprint density at radius 2 is 1.82 bits per heavy atom. The molecular weight excluding hydrogens is 462 g/mol. The van der Waals surface area contributed by atoms with E-state index in [4.69, 9.17) is 12.2 Å². The second-order valence-electron chi connectivity index (χ2n) is 7.56. The highest BCUT2D eigenvalue weighted by molar-refractivity contribution is 7.71. The highest BCUT2D eigenvalue weighted by Gasteiger charge is 2.23. The summed E-state index contributed by atoms with van der Waals surface area (Å²) >= 11 is 6.76. The third-order valence-electron chi connectivity index (χ3n) is 5.04. The Balaban J connectivity index is 1.58. The number of carbonyl (C=O) groups is 2. The summed E-state index contributed by atoms with van der Waals surface area (Å²) in [7, 11) is 0. The van der Waals surface area contributed by atoms with Crippen LogP contribution in [0.15, 0.2) is 46.6 Å². The number of aromatic amines is 1. The number of rotatable bonds is 5. The molecule has 33 heavy (non-hydrogen) atoms. The normalized spacial score (nSPS) is 12.1. The molecule has 0 saturated heterocycles. The number of carbonyl (C=O) groups excluding carboxylic acids is 2. The molecule has 3 N–H and O–H groups in total. The van der Waals surface area contributed by atoms with Gasteiger partial charge in [-0.15, -0.1) is 11.3 Å². The minimum atomic E-state index is -0.761. The van der Waals surface area contributed by atoms with Crippen molar-refractivity contribution >= 4 is 46.1 Å². The number of hydrazine groups is 1. The number of nitrogens with one attached hydrogen (secondary N) is 3. The van der Waals surface area contributed by atoms with Crippen LogP contribution in [-0.4, -0.2) is 36.4 Å². The average Bonchev–Trinajstić information content (AvgIpc) is 3.46. The van der Waals surface area contributed by atoms with Gasteiger partial charge in [-0.3, -0.25) is 34.9 Å². The summed E-state index contributed by atoms with van der Waals surface area (Å²) in [5.41, 5.74) is 4.57. The second-order valence-corrected chi connectivity index (χ2v) is 8.89. The third-order valence-corrected chi connectivity index (χ3v) is 6.20. The summed E-state index contributed by atoms with van der Waals surface area (Å²) < 4.78 is 3.11. The van der Waals surface area contributed by atoms with E-state index in [2.05, 4.69) is 26.1 Å². The van der Waals surface area contributed by atoms with Crippen LogP contribution in [0.4, 0.5) is 0 Å². The first kappa shape index (κ1) is 22.6. The molecule has 0 bridgehead atoms. The zero-order chi connectivity index (χ0) is 23.7. The van der Waals surface area contributed by atoms with Gasteiger partial charge < -0.3 is 0 Å². The summed E-state index contributed by atoms with van der Waals surface area (Å²) in [5.74, 6) is -0.615. The zero-order valence-electron chi connectivity index (χ0n) is 18.0. The van der Waals surface area contributed by atoms with Crippen LogP contribution in [0.3, 0.4) is 0 Å². The van der Waals surface area contributed by atoms with Crippen LogP contribution in [0.2, 0.25) is 0 Å². The van der Waals surface area contributed by atoms with Crippen molar-refractivity contribution in [1.82, 2.24) is 35.4 Å². The molecule has 10 nitrogen and oxygen atoms in total. The third kappa shape index (κ3) is 4.22. The van der Waals surface area contributed by atoms with Crippen molar-refractivity contribution in [1.29, 1.82) is 0 Å². The molecule has 0 aliphatic carbocycles. The maximum Gasteiger partial charge on any atom is 0.290 e. The summed E-state index contributed by atoms with van der Waals surface area (Å²) in [6.45, 7) is 5.25. The lowest BCUT2D eigenvalue weighted by Crippen LogP contribution is -2.45. The first-order valence-electron chi connectivity index (χ1n) is 10.1. The predicted molar refractivity (Wildman–Crippen MR) is 127 cm³/mol. The summed E-state index contributed by atoms with van der Waals surface area (Å²) in [4.78, 5) is 39.3. The monoisotopic (exact) mass is 483 g/mol. The maximum atomic E-state index is 12.9. The highest BCUT2D eigenvalue weighted by atomic mass is 32.1. The number of amides is 2. The first-order chi connectivity index (χ1) is 15.8. The number of H-pyrrole nitrogens is 1. The van der Waals surface area contributed by atoms with Gasteiger partial charge in [0.05, 0.1) is 16.3 Å². The Labute approximate surface area is 197 Å². The van der Waals surface area contributed by atoms with E-state index in [9.17, 15) is 14.4 Å². The maximum absolute atomic E-state index is 12.9. The van der Waals surface area contributed by atoms with Gasteiger partial charge in [-0.05, 0) is 50.5 Å². The standard InChI is InChI=1S/C21H21N7O3S2/c1-11(2)28-20(31)14-8-5-4-7-13(14)16(26-28)19(30)24-23-18(29)12(3)27-17(22-25-21(27)32)15-9-6-10-33-15/h4-12H,1-3H3,(H,23,29)(H,24,30)(H,25,32). The Kier molecular flexibility index (Phi) is 6.20. The van der Waals surface area contributed by atoms with Crippen LogP contribution in [-0.2, 0) is 4.79 Å². The predicted octanol–water partition coefficient (Wildman–Crippen LogP) is 2.98. The lowest BCUT2D eigenvalue weighted by atomic mass is 10.1. The van der Waals surface area contributed by atoms with Gasteiger partial charge in [-0.2, -0.15) is 10.2 Å². The number of fused-ring (bicyclic) bond motifs is 1. The van der Waals surface area contributed by atoms with Crippen LogP contribution in [0.25, 0.3) is 21.5 Å². The molecule has 1 aromatic carbocycles. The van der Waals surface area contributed by atoms with E-state index < -0.39 is 17.9 Å². The molecule has 3 aromatic heterocycles. The SMILES string of the molecule is CC(C)n1nc(C(=O)NNC(=O)C(C)n2c(-c3cccs3)n[nH]c2=S)c2ccccc2c1=O.